The molecule has 0 radical (unpaired) electrons. The van der Waals surface area contributed by atoms with Gasteiger partial charge in [-0.3, -0.25) is 4.79 Å². The van der Waals surface area contributed by atoms with Gasteiger partial charge in [0.05, 0.1) is 24.7 Å². The van der Waals surface area contributed by atoms with Crippen LogP contribution in [0.1, 0.15) is 19.8 Å². The summed E-state index contributed by atoms with van der Waals surface area (Å²) >= 11 is 6.35. The highest BCUT2D eigenvalue weighted by Crippen LogP contribution is 2.32. The number of halogens is 1. The van der Waals surface area contributed by atoms with Crippen LogP contribution < -0.4 is 25.6 Å². The zero-order chi connectivity index (χ0) is 23.9. The van der Waals surface area contributed by atoms with Gasteiger partial charge in [0.2, 0.25) is 17.7 Å². The molecule has 1 aliphatic heterocycles. The highest BCUT2D eigenvalue weighted by molar-refractivity contribution is 6.33. The molecule has 0 bridgehead atoms. The van der Waals surface area contributed by atoms with Crippen molar-refractivity contribution >= 4 is 52.2 Å². The van der Waals surface area contributed by atoms with Crippen molar-refractivity contribution in [1.29, 1.82) is 0 Å². The minimum Gasteiger partial charge on any atom is -0.479 e. The van der Waals surface area contributed by atoms with Crippen molar-refractivity contribution in [2.45, 2.75) is 19.8 Å². The lowest BCUT2D eigenvalue weighted by atomic mass is 10.2. The number of ether oxygens (including phenoxy) is 1. The smallest absolute Gasteiger partial charge is 0.248 e. The van der Waals surface area contributed by atoms with Crippen LogP contribution >= 0.6 is 11.6 Å². The highest BCUT2D eigenvalue weighted by Gasteiger charge is 2.17. The molecule has 1 saturated heterocycles. The molecule has 1 aromatic carbocycles. The van der Waals surface area contributed by atoms with Crippen molar-refractivity contribution in [1.82, 2.24) is 15.0 Å². The number of pyridine rings is 1. The summed E-state index contributed by atoms with van der Waals surface area (Å²) in [4.78, 5) is 27.7. The molecule has 34 heavy (non-hydrogen) atoms. The fraction of sp³-hybridized carbons (Fsp3) is 0.250. The number of para-hydroxylation sites is 2. The van der Waals surface area contributed by atoms with Crippen LogP contribution in [0.25, 0.3) is 0 Å². The van der Waals surface area contributed by atoms with Crippen molar-refractivity contribution in [3.63, 3.8) is 0 Å². The third-order valence-electron chi connectivity index (χ3n) is 5.22. The topological polar surface area (TPSA) is 104 Å². The van der Waals surface area contributed by atoms with Gasteiger partial charge in [-0.15, -0.1) is 0 Å². The number of nitrogens with one attached hydrogen (secondary N) is 3. The first-order valence-electron chi connectivity index (χ1n) is 11.0. The lowest BCUT2D eigenvalue weighted by Crippen LogP contribution is -2.19. The van der Waals surface area contributed by atoms with E-state index in [9.17, 15) is 4.79 Å². The second-order valence-corrected chi connectivity index (χ2v) is 8.00. The molecule has 9 nitrogen and oxygen atoms in total. The van der Waals surface area contributed by atoms with Crippen LogP contribution in [0.2, 0.25) is 5.02 Å². The third kappa shape index (κ3) is 5.55. The summed E-state index contributed by atoms with van der Waals surface area (Å²) in [7, 11) is 1.58. The Kier molecular flexibility index (Phi) is 7.44. The summed E-state index contributed by atoms with van der Waals surface area (Å²) in [5.74, 6) is 1.80. The van der Waals surface area contributed by atoms with Crippen LogP contribution in [0.3, 0.4) is 0 Å². The molecule has 0 atom stereocenters. The van der Waals surface area contributed by atoms with E-state index in [1.165, 1.54) is 25.1 Å². The number of methoxy groups -OCH3 is 1. The molecule has 1 aliphatic rings. The van der Waals surface area contributed by atoms with Gasteiger partial charge in [0.25, 0.3) is 0 Å². The maximum Gasteiger partial charge on any atom is 0.248 e. The monoisotopic (exact) mass is 479 g/mol. The van der Waals surface area contributed by atoms with Gasteiger partial charge >= 0.3 is 0 Å². The molecule has 3 N–H and O–H groups in total. The Hall–Kier alpha value is -3.85. The second kappa shape index (κ2) is 10.8. The molecule has 0 saturated carbocycles. The SMILES string of the molecule is C/C=C/C(=O)Nc1ccccc1Nc1nc(Nc2ccc(N3CCCC3)nc2OC)ncc1Cl. The van der Waals surface area contributed by atoms with Gasteiger partial charge < -0.3 is 25.6 Å². The lowest BCUT2D eigenvalue weighted by molar-refractivity contribution is -0.111. The number of rotatable bonds is 8. The number of carbonyl (C=O) groups is 1. The Labute approximate surface area is 203 Å². The summed E-state index contributed by atoms with van der Waals surface area (Å²) in [6, 6.07) is 11.1. The molecule has 1 amide bonds. The van der Waals surface area contributed by atoms with Gasteiger partial charge in [-0.2, -0.15) is 9.97 Å². The molecule has 2 aromatic heterocycles. The number of hydrogen-bond donors (Lipinski definition) is 3. The van der Waals surface area contributed by atoms with Crippen molar-refractivity contribution < 1.29 is 9.53 Å². The van der Waals surface area contributed by atoms with E-state index in [1.807, 2.05) is 30.3 Å². The standard InChI is InChI=1S/C24H26ClN7O2/c1-3-8-21(33)27-17-9-4-5-10-18(17)28-22-16(25)15-26-24(31-22)29-19-11-12-20(30-23(19)34-2)32-13-6-7-14-32/h3-5,8-12,15H,6-7,13-14H2,1-2H3,(H,27,33)(H2,26,28,29,31)/b8-3+. The van der Waals surface area contributed by atoms with Gasteiger partial charge in [-0.25, -0.2) is 4.98 Å². The summed E-state index contributed by atoms with van der Waals surface area (Å²) in [6.45, 7) is 3.77. The number of allylic oxidation sites excluding steroid dienone is 1. The van der Waals surface area contributed by atoms with E-state index in [2.05, 4.69) is 35.8 Å². The van der Waals surface area contributed by atoms with Gasteiger partial charge in [0.1, 0.15) is 16.5 Å². The molecule has 176 valence electrons. The first-order chi connectivity index (χ1) is 16.6. The normalized spacial score (nSPS) is 13.2. The molecule has 0 unspecified atom stereocenters. The summed E-state index contributed by atoms with van der Waals surface area (Å²) in [5.41, 5.74) is 1.87. The summed E-state index contributed by atoms with van der Waals surface area (Å²) in [5, 5.41) is 9.48. The Morgan fingerprint density at radius 2 is 1.82 bits per heavy atom. The Morgan fingerprint density at radius 1 is 1.06 bits per heavy atom. The fourth-order valence-electron chi connectivity index (χ4n) is 3.59. The number of carbonyl (C=O) groups excluding carboxylic acids is 1. The van der Waals surface area contributed by atoms with E-state index in [-0.39, 0.29) is 5.91 Å². The average molecular weight is 480 g/mol. The van der Waals surface area contributed by atoms with Crippen LogP contribution in [0.15, 0.2) is 54.7 Å². The molecule has 3 heterocycles. The van der Waals surface area contributed by atoms with Crippen LogP contribution in [-0.2, 0) is 4.79 Å². The quantitative estimate of drug-likeness (QED) is 0.382. The van der Waals surface area contributed by atoms with Gasteiger partial charge in [-0.1, -0.05) is 29.8 Å². The zero-order valence-electron chi connectivity index (χ0n) is 19.0. The fourth-order valence-corrected chi connectivity index (χ4v) is 3.73. The van der Waals surface area contributed by atoms with E-state index in [1.54, 1.807) is 26.2 Å². The summed E-state index contributed by atoms with van der Waals surface area (Å²) < 4.78 is 5.50. The van der Waals surface area contributed by atoms with Crippen LogP contribution in [0.4, 0.5) is 34.6 Å². The van der Waals surface area contributed by atoms with E-state index in [0.29, 0.717) is 39.7 Å². The van der Waals surface area contributed by atoms with Crippen LogP contribution in [0, 0.1) is 0 Å². The Bertz CT molecular complexity index is 1200. The first kappa shape index (κ1) is 23.3. The van der Waals surface area contributed by atoms with E-state index >= 15 is 0 Å². The molecule has 4 rings (SSSR count). The van der Waals surface area contributed by atoms with Crippen molar-refractivity contribution in [2.24, 2.45) is 0 Å². The first-order valence-corrected chi connectivity index (χ1v) is 11.3. The predicted octanol–water partition coefficient (Wildman–Crippen LogP) is 5.14. The van der Waals surface area contributed by atoms with Crippen LogP contribution in [0.5, 0.6) is 5.88 Å². The Morgan fingerprint density at radius 3 is 2.56 bits per heavy atom. The van der Waals surface area contributed by atoms with E-state index < -0.39 is 0 Å². The van der Waals surface area contributed by atoms with E-state index in [0.717, 1.165) is 18.9 Å². The van der Waals surface area contributed by atoms with Crippen LogP contribution in [-0.4, -0.2) is 41.1 Å². The maximum absolute atomic E-state index is 12.0. The number of benzene rings is 1. The minimum atomic E-state index is -0.232. The molecule has 1 fully saturated rings. The number of nitrogens with zero attached hydrogens (tertiary/aromatic N) is 4. The molecular weight excluding hydrogens is 454 g/mol. The average Bonchev–Trinajstić information content (AvgIpc) is 3.38. The highest BCUT2D eigenvalue weighted by atomic mass is 35.5. The second-order valence-electron chi connectivity index (χ2n) is 7.60. The van der Waals surface area contributed by atoms with Gasteiger partial charge in [-0.05, 0) is 50.1 Å². The zero-order valence-corrected chi connectivity index (χ0v) is 19.8. The molecule has 0 aliphatic carbocycles. The van der Waals surface area contributed by atoms with Crippen molar-refractivity contribution in [3.8, 4) is 5.88 Å². The maximum atomic E-state index is 12.0. The number of aromatic nitrogens is 3. The van der Waals surface area contributed by atoms with Crippen molar-refractivity contribution in [2.75, 3.05) is 41.0 Å². The van der Waals surface area contributed by atoms with Gasteiger partial charge in [0, 0.05) is 13.1 Å². The largest absolute Gasteiger partial charge is 0.479 e. The van der Waals surface area contributed by atoms with Gasteiger partial charge in [0.15, 0.2) is 5.82 Å². The van der Waals surface area contributed by atoms with E-state index in [4.69, 9.17) is 16.3 Å². The van der Waals surface area contributed by atoms with Crippen molar-refractivity contribution in [3.05, 3.63) is 59.8 Å². The number of hydrogen-bond acceptors (Lipinski definition) is 8. The Balaban J connectivity index is 1.55. The molecular formula is C24H26ClN7O2. The molecule has 0 spiro atoms. The third-order valence-corrected chi connectivity index (χ3v) is 5.49. The molecule has 10 heteroatoms. The minimum absolute atomic E-state index is 0.232. The lowest BCUT2D eigenvalue weighted by Gasteiger charge is -2.18. The number of amides is 1. The number of anilines is 6. The predicted molar refractivity (Wildman–Crippen MR) is 136 cm³/mol. The molecule has 3 aromatic rings. The summed E-state index contributed by atoms with van der Waals surface area (Å²) in [6.07, 6.45) is 6.96.